The third-order valence-corrected chi connectivity index (χ3v) is 5.56. The molecule has 0 amide bonds. The summed E-state index contributed by atoms with van der Waals surface area (Å²) in [7, 11) is 1.49. The topological polar surface area (TPSA) is 116 Å². The van der Waals surface area contributed by atoms with Gasteiger partial charge in [0.1, 0.15) is 17.2 Å². The maximum absolute atomic E-state index is 12.6. The minimum absolute atomic E-state index is 0.0779. The highest BCUT2D eigenvalue weighted by atomic mass is 16.5. The smallest absolute Gasteiger partial charge is 0.189 e. The first-order valence-electron chi connectivity index (χ1n) is 11.6. The van der Waals surface area contributed by atoms with Crippen LogP contribution >= 0.6 is 0 Å². The maximum Gasteiger partial charge on any atom is 0.189 e. The molecule has 3 aromatic carbocycles. The number of hydrogen-bond acceptors (Lipinski definition) is 7. The molecule has 37 heavy (non-hydrogen) atoms. The SMILES string of the molecule is COc1cc(/C=C/COC/C(C)=C\Cc2c(O)ccc(C(=O)/C=C/c3ccc(O)cc3)c2O)ccc1O. The second kappa shape index (κ2) is 13.0. The van der Waals surface area contributed by atoms with E-state index in [1.807, 2.05) is 25.2 Å². The predicted molar refractivity (Wildman–Crippen MR) is 143 cm³/mol. The number of hydrogen-bond donors (Lipinski definition) is 4. The average molecular weight is 503 g/mol. The van der Waals surface area contributed by atoms with Gasteiger partial charge >= 0.3 is 0 Å². The van der Waals surface area contributed by atoms with E-state index >= 15 is 0 Å². The lowest BCUT2D eigenvalue weighted by Crippen LogP contribution is -1.99. The number of rotatable bonds is 11. The van der Waals surface area contributed by atoms with Crippen LogP contribution in [-0.2, 0) is 11.2 Å². The van der Waals surface area contributed by atoms with Crippen LogP contribution in [0.25, 0.3) is 12.2 Å². The number of carbonyl (C=O) groups excluding carboxylic acids is 1. The molecule has 0 aromatic heterocycles. The Morgan fingerprint density at radius 3 is 2.32 bits per heavy atom. The van der Waals surface area contributed by atoms with E-state index < -0.39 is 5.78 Å². The highest BCUT2D eigenvalue weighted by molar-refractivity contribution is 6.09. The first kappa shape index (κ1) is 27.1. The zero-order chi connectivity index (χ0) is 26.8. The van der Waals surface area contributed by atoms with Crippen molar-refractivity contribution < 1.29 is 34.7 Å². The Bertz CT molecular complexity index is 1320. The molecule has 0 radical (unpaired) electrons. The van der Waals surface area contributed by atoms with Crippen molar-refractivity contribution >= 4 is 17.9 Å². The maximum atomic E-state index is 12.6. The second-order valence-corrected chi connectivity index (χ2v) is 8.35. The van der Waals surface area contributed by atoms with Gasteiger partial charge in [-0.3, -0.25) is 4.79 Å². The normalized spacial score (nSPS) is 11.9. The van der Waals surface area contributed by atoms with Crippen LogP contribution in [-0.4, -0.2) is 46.5 Å². The summed E-state index contributed by atoms with van der Waals surface area (Å²) in [6, 6.07) is 14.2. The number of methoxy groups -OCH3 is 1. The third-order valence-electron chi connectivity index (χ3n) is 5.56. The standard InChI is InChI=1S/C30H30O7/c1-20(19-37-17-3-4-22-9-15-28(34)29(18-22)36-2)5-12-24-27(33)16-13-25(30(24)35)26(32)14-8-21-6-10-23(31)11-7-21/h3-11,13-16,18,31,33-35H,12,17,19H2,1-2H3/b4-3+,14-8+,20-5-. The first-order chi connectivity index (χ1) is 17.8. The van der Waals surface area contributed by atoms with Crippen molar-refractivity contribution in [2.45, 2.75) is 13.3 Å². The fourth-order valence-electron chi connectivity index (χ4n) is 3.48. The van der Waals surface area contributed by atoms with Crippen molar-refractivity contribution in [1.82, 2.24) is 0 Å². The number of ketones is 1. The fourth-order valence-corrected chi connectivity index (χ4v) is 3.48. The first-order valence-corrected chi connectivity index (χ1v) is 11.6. The molecule has 3 aromatic rings. The van der Waals surface area contributed by atoms with Gasteiger partial charge in [0.2, 0.25) is 0 Å². The number of phenols is 4. The van der Waals surface area contributed by atoms with Gasteiger partial charge in [-0.15, -0.1) is 0 Å². The summed E-state index contributed by atoms with van der Waals surface area (Å²) >= 11 is 0. The van der Waals surface area contributed by atoms with Crippen molar-refractivity contribution in [3.63, 3.8) is 0 Å². The molecule has 0 saturated carbocycles. The van der Waals surface area contributed by atoms with Crippen molar-refractivity contribution in [3.8, 4) is 28.7 Å². The van der Waals surface area contributed by atoms with Crippen LogP contribution in [0.15, 0.2) is 78.4 Å². The summed E-state index contributed by atoms with van der Waals surface area (Å²) in [6.07, 6.45) is 8.66. The number of benzene rings is 3. The van der Waals surface area contributed by atoms with Gasteiger partial charge in [-0.1, -0.05) is 48.1 Å². The fraction of sp³-hybridized carbons (Fsp3) is 0.167. The highest BCUT2D eigenvalue weighted by Gasteiger charge is 2.15. The van der Waals surface area contributed by atoms with Gasteiger partial charge in [-0.2, -0.15) is 0 Å². The van der Waals surface area contributed by atoms with Gasteiger partial charge in [0.15, 0.2) is 17.3 Å². The van der Waals surface area contributed by atoms with Crippen LogP contribution < -0.4 is 4.74 Å². The Balaban J connectivity index is 1.57. The van der Waals surface area contributed by atoms with Crippen LogP contribution in [0, 0.1) is 0 Å². The average Bonchev–Trinajstić information content (AvgIpc) is 2.88. The van der Waals surface area contributed by atoms with Gasteiger partial charge in [0, 0.05) is 5.56 Å². The molecule has 0 aliphatic carbocycles. The molecule has 192 valence electrons. The van der Waals surface area contributed by atoms with E-state index in [-0.39, 0.29) is 40.5 Å². The van der Waals surface area contributed by atoms with Gasteiger partial charge < -0.3 is 29.9 Å². The molecule has 0 bridgehead atoms. The number of carbonyl (C=O) groups is 1. The summed E-state index contributed by atoms with van der Waals surface area (Å²) < 4.78 is 10.7. The van der Waals surface area contributed by atoms with Gasteiger partial charge in [0.05, 0.1) is 25.9 Å². The molecule has 0 aliphatic heterocycles. The van der Waals surface area contributed by atoms with Crippen molar-refractivity contribution in [1.29, 1.82) is 0 Å². The lowest BCUT2D eigenvalue weighted by atomic mass is 10.0. The summed E-state index contributed by atoms with van der Waals surface area (Å²) in [5.74, 6) is -0.174. The summed E-state index contributed by atoms with van der Waals surface area (Å²) in [4.78, 5) is 12.6. The van der Waals surface area contributed by atoms with Crippen molar-refractivity contribution in [2.75, 3.05) is 20.3 Å². The highest BCUT2D eigenvalue weighted by Crippen LogP contribution is 2.32. The van der Waals surface area contributed by atoms with E-state index in [0.29, 0.717) is 19.0 Å². The molecule has 0 fully saturated rings. The summed E-state index contributed by atoms with van der Waals surface area (Å²) in [6.45, 7) is 2.58. The molecule has 3 rings (SSSR count). The zero-order valence-electron chi connectivity index (χ0n) is 20.7. The quantitative estimate of drug-likeness (QED) is 0.116. The van der Waals surface area contributed by atoms with E-state index in [4.69, 9.17) is 9.47 Å². The lowest BCUT2D eigenvalue weighted by Gasteiger charge is -2.09. The number of allylic oxidation sites excluding steroid dienone is 2. The molecule has 7 nitrogen and oxygen atoms in total. The van der Waals surface area contributed by atoms with E-state index in [0.717, 1.165) is 16.7 Å². The van der Waals surface area contributed by atoms with Gasteiger partial charge in [-0.05, 0) is 66.9 Å². The number of phenolic OH excluding ortho intramolecular Hbond substituents is 4. The van der Waals surface area contributed by atoms with Crippen LogP contribution in [0.3, 0.4) is 0 Å². The Kier molecular flexibility index (Phi) is 9.52. The molecule has 0 saturated heterocycles. The Morgan fingerprint density at radius 1 is 0.892 bits per heavy atom. The van der Waals surface area contributed by atoms with E-state index in [9.17, 15) is 25.2 Å². The number of aromatic hydroxyl groups is 4. The minimum atomic E-state index is -0.408. The molecule has 4 N–H and O–H groups in total. The molecule has 7 heteroatoms. The predicted octanol–water partition coefficient (Wildman–Crippen LogP) is 5.63. The van der Waals surface area contributed by atoms with Crippen molar-refractivity contribution in [2.24, 2.45) is 0 Å². The summed E-state index contributed by atoms with van der Waals surface area (Å²) in [5.41, 5.74) is 2.82. The Morgan fingerprint density at radius 2 is 1.59 bits per heavy atom. The molecular weight excluding hydrogens is 472 g/mol. The van der Waals surface area contributed by atoms with E-state index in [1.54, 1.807) is 36.4 Å². The van der Waals surface area contributed by atoms with Crippen LogP contribution in [0.1, 0.15) is 34.0 Å². The Labute approximate surface area is 215 Å². The van der Waals surface area contributed by atoms with Crippen molar-refractivity contribution in [3.05, 3.63) is 101 Å². The molecule has 0 atom stereocenters. The van der Waals surface area contributed by atoms with E-state index in [1.165, 1.54) is 37.5 Å². The molecule has 0 aliphatic rings. The molecule has 0 heterocycles. The third kappa shape index (κ3) is 7.75. The molecular formula is C30H30O7. The van der Waals surface area contributed by atoms with E-state index in [2.05, 4.69) is 0 Å². The molecule has 0 spiro atoms. The van der Waals surface area contributed by atoms with Gasteiger partial charge in [0.25, 0.3) is 0 Å². The van der Waals surface area contributed by atoms with Crippen LogP contribution in [0.4, 0.5) is 0 Å². The second-order valence-electron chi connectivity index (χ2n) is 8.35. The Hall–Kier alpha value is -4.49. The molecule has 0 unspecified atom stereocenters. The van der Waals surface area contributed by atoms with Crippen LogP contribution in [0.2, 0.25) is 0 Å². The largest absolute Gasteiger partial charge is 0.508 e. The monoisotopic (exact) mass is 502 g/mol. The van der Waals surface area contributed by atoms with Gasteiger partial charge in [-0.25, -0.2) is 0 Å². The lowest BCUT2D eigenvalue weighted by molar-refractivity contribution is 0.104. The summed E-state index contributed by atoms with van der Waals surface area (Å²) in [5, 5.41) is 39.9. The number of ether oxygens (including phenoxy) is 2. The zero-order valence-corrected chi connectivity index (χ0v) is 20.7. The van der Waals surface area contributed by atoms with Crippen LogP contribution in [0.5, 0.6) is 28.7 Å². The minimum Gasteiger partial charge on any atom is -0.508 e.